The Morgan fingerprint density at radius 3 is 2.85 bits per heavy atom. The van der Waals surface area contributed by atoms with E-state index in [9.17, 15) is 0 Å². The van der Waals surface area contributed by atoms with Gasteiger partial charge in [0, 0.05) is 44.6 Å². The summed E-state index contributed by atoms with van der Waals surface area (Å²) >= 11 is 6.03. The summed E-state index contributed by atoms with van der Waals surface area (Å²) in [6.45, 7) is 2.96. The molecular weight excluding hydrogens is 475 g/mol. The fourth-order valence-electron chi connectivity index (χ4n) is 4.17. The Morgan fingerprint density at radius 1 is 1.26 bits per heavy atom. The molecule has 1 aliphatic heterocycles. The second kappa shape index (κ2) is 9.43. The van der Waals surface area contributed by atoms with Gasteiger partial charge in [-0.2, -0.15) is 0 Å². The summed E-state index contributed by atoms with van der Waals surface area (Å²) in [7, 11) is 1.82. The van der Waals surface area contributed by atoms with E-state index in [2.05, 4.69) is 25.5 Å². The first-order valence-corrected chi connectivity index (χ1v) is 9.93. The normalized spacial score (nSPS) is 21.6. The van der Waals surface area contributed by atoms with Gasteiger partial charge in [0.25, 0.3) is 0 Å². The Balaban J connectivity index is 0.00000210. The van der Waals surface area contributed by atoms with E-state index in [0.29, 0.717) is 17.6 Å². The summed E-state index contributed by atoms with van der Waals surface area (Å²) in [5, 5.41) is 7.67. The summed E-state index contributed by atoms with van der Waals surface area (Å²) < 4.78 is 1.95. The minimum Gasteiger partial charge on any atom is -0.352 e. The van der Waals surface area contributed by atoms with Gasteiger partial charge >= 0.3 is 0 Å². The van der Waals surface area contributed by atoms with Crippen molar-refractivity contribution in [3.05, 3.63) is 35.2 Å². The molecular formula is C19H28ClIN6. The van der Waals surface area contributed by atoms with E-state index in [0.717, 1.165) is 29.9 Å². The SMILES string of the molecule is CN=C(NCc1cn2cc(Cl)ccc2n1)NC1CCN(C2CCCC2)C1.I. The molecule has 4 rings (SSSR count). The Morgan fingerprint density at radius 2 is 2.07 bits per heavy atom. The number of likely N-dealkylation sites (tertiary alicyclic amines) is 1. The molecule has 6 nitrogen and oxygen atoms in total. The lowest BCUT2D eigenvalue weighted by Crippen LogP contribution is -2.45. The third-order valence-electron chi connectivity index (χ3n) is 5.53. The lowest BCUT2D eigenvalue weighted by Gasteiger charge is -2.24. The minimum atomic E-state index is 0. The molecule has 0 aromatic carbocycles. The van der Waals surface area contributed by atoms with E-state index >= 15 is 0 Å². The first kappa shape index (κ1) is 20.7. The van der Waals surface area contributed by atoms with Gasteiger partial charge in [-0.25, -0.2) is 4.98 Å². The van der Waals surface area contributed by atoms with Crippen molar-refractivity contribution < 1.29 is 0 Å². The number of hydrogen-bond donors (Lipinski definition) is 2. The van der Waals surface area contributed by atoms with Gasteiger partial charge in [-0.15, -0.1) is 24.0 Å². The molecule has 0 bridgehead atoms. The Hall–Kier alpha value is -1.06. The van der Waals surface area contributed by atoms with Crippen molar-refractivity contribution in [3.63, 3.8) is 0 Å². The first-order chi connectivity index (χ1) is 12.7. The molecule has 0 radical (unpaired) electrons. The zero-order chi connectivity index (χ0) is 17.9. The van der Waals surface area contributed by atoms with Crippen LogP contribution in [0.15, 0.2) is 29.5 Å². The molecule has 2 N–H and O–H groups in total. The molecule has 2 fully saturated rings. The molecule has 2 aliphatic rings. The molecule has 1 atom stereocenters. The third-order valence-corrected chi connectivity index (χ3v) is 5.75. The zero-order valence-electron chi connectivity index (χ0n) is 15.7. The van der Waals surface area contributed by atoms with Crippen molar-refractivity contribution in [2.24, 2.45) is 4.99 Å². The molecule has 8 heteroatoms. The largest absolute Gasteiger partial charge is 0.352 e. The average Bonchev–Trinajstić information content (AvgIpc) is 3.37. The summed E-state index contributed by atoms with van der Waals surface area (Å²) in [6, 6.07) is 5.07. The number of hydrogen-bond acceptors (Lipinski definition) is 3. The third kappa shape index (κ3) is 5.06. The number of rotatable bonds is 4. The molecule has 3 heterocycles. The highest BCUT2D eigenvalue weighted by Gasteiger charge is 2.30. The number of fused-ring (bicyclic) bond motifs is 1. The van der Waals surface area contributed by atoms with Gasteiger partial charge < -0.3 is 15.0 Å². The number of guanidine groups is 1. The van der Waals surface area contributed by atoms with E-state index in [4.69, 9.17) is 11.6 Å². The maximum atomic E-state index is 6.03. The first-order valence-electron chi connectivity index (χ1n) is 9.55. The summed E-state index contributed by atoms with van der Waals surface area (Å²) in [5.41, 5.74) is 1.87. The number of aromatic nitrogens is 2. The molecule has 2 aromatic rings. The second-order valence-corrected chi connectivity index (χ2v) is 7.77. The molecule has 1 saturated heterocycles. The van der Waals surface area contributed by atoms with Gasteiger partial charge in [0.05, 0.1) is 17.3 Å². The molecule has 0 amide bonds. The molecule has 1 saturated carbocycles. The van der Waals surface area contributed by atoms with E-state index in [1.807, 2.05) is 36.0 Å². The zero-order valence-corrected chi connectivity index (χ0v) is 18.8. The van der Waals surface area contributed by atoms with Crippen LogP contribution in [-0.4, -0.2) is 52.5 Å². The lowest BCUT2D eigenvalue weighted by molar-refractivity contribution is 0.242. The summed E-state index contributed by atoms with van der Waals surface area (Å²) in [4.78, 5) is 11.6. The van der Waals surface area contributed by atoms with Crippen LogP contribution in [0.3, 0.4) is 0 Å². The highest BCUT2D eigenvalue weighted by atomic mass is 127. The number of imidazole rings is 1. The molecule has 148 valence electrons. The maximum Gasteiger partial charge on any atom is 0.191 e. The standard InChI is InChI=1S/C19H27ClN6.HI/c1-21-19(24-15-8-9-25(12-15)17-4-2-3-5-17)22-10-16-13-26-11-14(20)6-7-18(26)23-16;/h6-7,11,13,15,17H,2-5,8-10,12H2,1H3,(H2,21,22,24);1H. The predicted molar refractivity (Wildman–Crippen MR) is 121 cm³/mol. The van der Waals surface area contributed by atoms with Gasteiger partial charge in [0.15, 0.2) is 5.96 Å². The monoisotopic (exact) mass is 502 g/mol. The van der Waals surface area contributed by atoms with Crippen LogP contribution in [0.1, 0.15) is 37.8 Å². The van der Waals surface area contributed by atoms with Crippen LogP contribution in [0.2, 0.25) is 5.02 Å². The van der Waals surface area contributed by atoms with E-state index in [-0.39, 0.29) is 24.0 Å². The van der Waals surface area contributed by atoms with Crippen molar-refractivity contribution >= 4 is 47.2 Å². The van der Waals surface area contributed by atoms with Crippen molar-refractivity contribution in [1.29, 1.82) is 0 Å². The fraction of sp³-hybridized carbons (Fsp3) is 0.579. The van der Waals surface area contributed by atoms with Crippen LogP contribution in [0.5, 0.6) is 0 Å². The topological polar surface area (TPSA) is 57.0 Å². The lowest BCUT2D eigenvalue weighted by atomic mass is 10.2. The van der Waals surface area contributed by atoms with E-state index in [1.165, 1.54) is 38.6 Å². The van der Waals surface area contributed by atoms with Gasteiger partial charge in [-0.3, -0.25) is 9.89 Å². The Kier molecular flexibility index (Phi) is 7.22. The maximum absolute atomic E-state index is 6.03. The molecule has 2 aromatic heterocycles. The van der Waals surface area contributed by atoms with Crippen LogP contribution in [0.4, 0.5) is 0 Å². The highest BCUT2D eigenvalue weighted by Crippen LogP contribution is 2.26. The van der Waals surface area contributed by atoms with Crippen LogP contribution in [0.25, 0.3) is 5.65 Å². The van der Waals surface area contributed by atoms with Crippen molar-refractivity contribution in [3.8, 4) is 0 Å². The number of halogens is 2. The summed E-state index contributed by atoms with van der Waals surface area (Å²) in [6.07, 6.45) is 10.6. The Bertz CT molecular complexity index is 786. The van der Waals surface area contributed by atoms with Gasteiger partial charge in [0.2, 0.25) is 0 Å². The van der Waals surface area contributed by atoms with Crippen molar-refractivity contribution in [2.75, 3.05) is 20.1 Å². The number of aliphatic imine (C=N–C) groups is 1. The molecule has 0 spiro atoms. The summed E-state index contributed by atoms with van der Waals surface area (Å²) in [5.74, 6) is 0.846. The molecule has 27 heavy (non-hydrogen) atoms. The van der Waals surface area contributed by atoms with Crippen molar-refractivity contribution in [2.45, 2.75) is 50.7 Å². The molecule has 1 unspecified atom stereocenters. The fourth-order valence-corrected chi connectivity index (χ4v) is 4.34. The highest BCUT2D eigenvalue weighted by molar-refractivity contribution is 14.0. The van der Waals surface area contributed by atoms with Crippen molar-refractivity contribution in [1.82, 2.24) is 24.9 Å². The van der Waals surface area contributed by atoms with Crippen LogP contribution >= 0.6 is 35.6 Å². The smallest absolute Gasteiger partial charge is 0.191 e. The quantitative estimate of drug-likeness (QED) is 0.383. The van der Waals surface area contributed by atoms with Crippen LogP contribution in [-0.2, 0) is 6.54 Å². The van der Waals surface area contributed by atoms with E-state index < -0.39 is 0 Å². The second-order valence-electron chi connectivity index (χ2n) is 7.33. The van der Waals surface area contributed by atoms with Crippen LogP contribution < -0.4 is 10.6 Å². The number of nitrogens with one attached hydrogen (secondary N) is 2. The number of nitrogens with zero attached hydrogens (tertiary/aromatic N) is 4. The van der Waals surface area contributed by atoms with Gasteiger partial charge in [-0.05, 0) is 31.4 Å². The van der Waals surface area contributed by atoms with Crippen LogP contribution in [0, 0.1) is 0 Å². The van der Waals surface area contributed by atoms with E-state index in [1.54, 1.807) is 0 Å². The average molecular weight is 503 g/mol. The van der Waals surface area contributed by atoms with Gasteiger partial charge in [-0.1, -0.05) is 24.4 Å². The Labute approximate surface area is 182 Å². The predicted octanol–water partition coefficient (Wildman–Crippen LogP) is 3.29. The van der Waals surface area contributed by atoms with Gasteiger partial charge in [0.1, 0.15) is 5.65 Å². The molecule has 1 aliphatic carbocycles. The number of pyridine rings is 1. The minimum absolute atomic E-state index is 0.